The lowest BCUT2D eigenvalue weighted by molar-refractivity contribution is 0.197. The lowest BCUT2D eigenvalue weighted by Crippen LogP contribution is -2.40. The van der Waals surface area contributed by atoms with Crippen LogP contribution in [0.4, 0.5) is 0 Å². The second-order valence-electron chi connectivity index (χ2n) is 5.70. The number of rotatable bonds is 8. The Morgan fingerprint density at radius 2 is 1.71 bits per heavy atom. The van der Waals surface area contributed by atoms with Crippen molar-refractivity contribution in [2.24, 2.45) is 5.92 Å². The van der Waals surface area contributed by atoms with Crippen LogP contribution in [0, 0.1) is 5.92 Å². The minimum atomic E-state index is 0.723. The Labute approximate surface area is 116 Å². The van der Waals surface area contributed by atoms with E-state index in [0.29, 0.717) is 0 Å². The summed E-state index contributed by atoms with van der Waals surface area (Å²) in [6.45, 7) is 8.55. The average molecular weight is 304 g/mol. The molecule has 0 bridgehead atoms. The molecule has 1 rings (SSSR count). The van der Waals surface area contributed by atoms with E-state index >= 15 is 0 Å². The summed E-state index contributed by atoms with van der Waals surface area (Å²) in [6.07, 6.45) is 11.3. The number of piperidine rings is 1. The highest BCUT2D eigenvalue weighted by atomic mass is 79.9. The van der Waals surface area contributed by atoms with Crippen LogP contribution in [0.3, 0.4) is 0 Å². The second kappa shape index (κ2) is 9.38. The number of hydrogen-bond acceptors (Lipinski definition) is 1. The topological polar surface area (TPSA) is 3.24 Å². The normalized spacial score (nSPS) is 26.3. The van der Waals surface area contributed by atoms with Crippen LogP contribution in [0.15, 0.2) is 0 Å². The lowest BCUT2D eigenvalue weighted by atomic mass is 9.99. The maximum absolute atomic E-state index is 3.80. The van der Waals surface area contributed by atoms with E-state index in [0.717, 1.165) is 10.7 Å². The van der Waals surface area contributed by atoms with Crippen LogP contribution in [-0.2, 0) is 0 Å². The van der Waals surface area contributed by atoms with Gasteiger partial charge in [-0.3, -0.25) is 0 Å². The van der Waals surface area contributed by atoms with E-state index in [4.69, 9.17) is 0 Å². The van der Waals surface area contributed by atoms with Gasteiger partial charge < -0.3 is 4.90 Å². The van der Waals surface area contributed by atoms with Gasteiger partial charge >= 0.3 is 0 Å². The Balaban J connectivity index is 1.92. The number of nitrogens with zero attached hydrogens (tertiary/aromatic N) is 1. The molecule has 2 unspecified atom stereocenters. The summed E-state index contributed by atoms with van der Waals surface area (Å²) < 4.78 is 0. The first-order chi connectivity index (χ1) is 8.24. The van der Waals surface area contributed by atoms with E-state index in [1.165, 1.54) is 71.0 Å². The largest absolute Gasteiger partial charge is 0.302 e. The summed E-state index contributed by atoms with van der Waals surface area (Å²) in [5.74, 6) is 0.861. The van der Waals surface area contributed by atoms with Gasteiger partial charge in [-0.25, -0.2) is 0 Å². The van der Waals surface area contributed by atoms with Crippen LogP contribution in [0.5, 0.6) is 0 Å². The molecule has 0 N–H and O–H groups in total. The van der Waals surface area contributed by atoms with Crippen LogP contribution >= 0.6 is 15.9 Å². The van der Waals surface area contributed by atoms with Gasteiger partial charge in [-0.15, -0.1) is 0 Å². The predicted octanol–water partition coefficient (Wildman–Crippen LogP) is 4.84. The van der Waals surface area contributed by atoms with Gasteiger partial charge in [0.2, 0.25) is 0 Å². The summed E-state index contributed by atoms with van der Waals surface area (Å²) >= 11 is 3.80. The molecule has 1 heterocycles. The first kappa shape index (κ1) is 15.5. The molecule has 0 spiro atoms. The zero-order chi connectivity index (χ0) is 12.5. The monoisotopic (exact) mass is 303 g/mol. The van der Waals surface area contributed by atoms with Crippen LogP contribution in [0.25, 0.3) is 0 Å². The predicted molar refractivity (Wildman–Crippen MR) is 80.9 cm³/mol. The number of halogens is 1. The molecule has 1 nitrogen and oxygen atoms in total. The van der Waals surface area contributed by atoms with E-state index in [2.05, 4.69) is 34.7 Å². The van der Waals surface area contributed by atoms with Gasteiger partial charge in [-0.05, 0) is 31.8 Å². The molecule has 1 aliphatic heterocycles. The molecule has 0 amide bonds. The minimum absolute atomic E-state index is 0.723. The van der Waals surface area contributed by atoms with Crippen LogP contribution in [0.1, 0.15) is 65.2 Å². The van der Waals surface area contributed by atoms with Crippen LogP contribution in [0.2, 0.25) is 0 Å². The van der Waals surface area contributed by atoms with Crippen molar-refractivity contribution in [3.05, 3.63) is 0 Å². The molecule has 0 aromatic carbocycles. The van der Waals surface area contributed by atoms with Gasteiger partial charge in [0, 0.05) is 11.4 Å². The molecular weight excluding hydrogens is 274 g/mol. The fourth-order valence-electron chi connectivity index (χ4n) is 2.58. The average Bonchev–Trinajstić information content (AvgIpc) is 2.32. The quantitative estimate of drug-likeness (QED) is 0.458. The van der Waals surface area contributed by atoms with E-state index in [1.54, 1.807) is 0 Å². The van der Waals surface area contributed by atoms with E-state index in [-0.39, 0.29) is 0 Å². The molecular formula is C15H30BrN. The molecule has 1 aliphatic rings. The smallest absolute Gasteiger partial charge is 0.0299 e. The van der Waals surface area contributed by atoms with Crippen molar-refractivity contribution >= 4 is 15.9 Å². The number of likely N-dealkylation sites (tertiary alicyclic amines) is 1. The summed E-state index contributed by atoms with van der Waals surface area (Å²) in [6, 6.07) is 0. The Morgan fingerprint density at radius 1 is 1.06 bits per heavy atom. The SMILES string of the molecule is CCCCCCCCCN1CCC(C)C(Br)C1. The highest BCUT2D eigenvalue weighted by Crippen LogP contribution is 2.23. The van der Waals surface area contributed by atoms with E-state index in [1.807, 2.05) is 0 Å². The van der Waals surface area contributed by atoms with Crippen molar-refractivity contribution in [3.63, 3.8) is 0 Å². The molecule has 1 fully saturated rings. The summed E-state index contributed by atoms with van der Waals surface area (Å²) in [5, 5.41) is 0. The van der Waals surface area contributed by atoms with Crippen LogP contribution < -0.4 is 0 Å². The zero-order valence-corrected chi connectivity index (χ0v) is 13.3. The molecule has 1 saturated heterocycles. The highest BCUT2D eigenvalue weighted by molar-refractivity contribution is 9.09. The zero-order valence-electron chi connectivity index (χ0n) is 11.8. The summed E-state index contributed by atoms with van der Waals surface area (Å²) in [7, 11) is 0. The molecule has 0 aromatic heterocycles. The molecule has 2 heteroatoms. The Kier molecular flexibility index (Phi) is 8.55. The van der Waals surface area contributed by atoms with E-state index in [9.17, 15) is 0 Å². The Bertz CT molecular complexity index is 184. The van der Waals surface area contributed by atoms with Gasteiger partial charge in [0.1, 0.15) is 0 Å². The Hall–Kier alpha value is 0.440. The molecule has 102 valence electrons. The Morgan fingerprint density at radius 3 is 2.35 bits per heavy atom. The number of hydrogen-bond donors (Lipinski definition) is 0. The van der Waals surface area contributed by atoms with Crippen molar-refractivity contribution in [1.29, 1.82) is 0 Å². The van der Waals surface area contributed by atoms with Crippen molar-refractivity contribution < 1.29 is 0 Å². The number of alkyl halides is 1. The molecule has 0 saturated carbocycles. The third-order valence-electron chi connectivity index (χ3n) is 4.03. The van der Waals surface area contributed by atoms with Crippen molar-refractivity contribution in [1.82, 2.24) is 4.90 Å². The van der Waals surface area contributed by atoms with Crippen molar-refractivity contribution in [2.75, 3.05) is 19.6 Å². The van der Waals surface area contributed by atoms with Gasteiger partial charge in [0.15, 0.2) is 0 Å². The first-order valence-electron chi connectivity index (χ1n) is 7.60. The fourth-order valence-corrected chi connectivity index (χ4v) is 3.25. The second-order valence-corrected chi connectivity index (χ2v) is 6.88. The van der Waals surface area contributed by atoms with Crippen LogP contribution in [-0.4, -0.2) is 29.4 Å². The molecule has 17 heavy (non-hydrogen) atoms. The third kappa shape index (κ3) is 6.81. The van der Waals surface area contributed by atoms with Gasteiger partial charge in [0.25, 0.3) is 0 Å². The minimum Gasteiger partial charge on any atom is -0.302 e. The molecule has 0 radical (unpaired) electrons. The standard InChI is InChI=1S/C15H30BrN/c1-3-4-5-6-7-8-9-11-17-12-10-14(2)15(16)13-17/h14-15H,3-13H2,1-2H3. The third-order valence-corrected chi connectivity index (χ3v) is 5.22. The molecule has 0 aromatic rings. The van der Waals surface area contributed by atoms with Gasteiger partial charge in [-0.2, -0.15) is 0 Å². The molecule has 2 atom stereocenters. The number of unbranched alkanes of at least 4 members (excludes halogenated alkanes) is 6. The van der Waals surface area contributed by atoms with Gasteiger partial charge in [0.05, 0.1) is 0 Å². The first-order valence-corrected chi connectivity index (χ1v) is 8.52. The summed E-state index contributed by atoms with van der Waals surface area (Å²) in [5.41, 5.74) is 0. The summed E-state index contributed by atoms with van der Waals surface area (Å²) in [4.78, 5) is 3.37. The fraction of sp³-hybridized carbons (Fsp3) is 1.00. The maximum Gasteiger partial charge on any atom is 0.0299 e. The van der Waals surface area contributed by atoms with Crippen molar-refractivity contribution in [3.8, 4) is 0 Å². The molecule has 0 aliphatic carbocycles. The maximum atomic E-state index is 3.80. The lowest BCUT2D eigenvalue weighted by Gasteiger charge is -2.34. The van der Waals surface area contributed by atoms with Crippen molar-refractivity contribution in [2.45, 2.75) is 70.0 Å². The highest BCUT2D eigenvalue weighted by Gasteiger charge is 2.23. The van der Waals surface area contributed by atoms with Gasteiger partial charge in [-0.1, -0.05) is 68.3 Å². The van der Waals surface area contributed by atoms with E-state index < -0.39 is 0 Å².